The van der Waals surface area contributed by atoms with Gasteiger partial charge in [-0.1, -0.05) is 0 Å². The van der Waals surface area contributed by atoms with Crippen molar-refractivity contribution in [2.45, 2.75) is 39.8 Å². The number of rotatable bonds is 6. The summed E-state index contributed by atoms with van der Waals surface area (Å²) >= 11 is 0. The maximum absolute atomic E-state index is 12.2. The molecule has 106 valence electrons. The molecule has 2 rings (SSSR count). The summed E-state index contributed by atoms with van der Waals surface area (Å²) in [5, 5.41) is 4.49. The molecule has 0 aliphatic rings. The molecule has 0 radical (unpaired) electrons. The summed E-state index contributed by atoms with van der Waals surface area (Å²) in [4.78, 5) is 38.3. The number of Topliss-reactive ketones (excluding diaryl/α,β-unsaturated/α-hetero) is 2. The van der Waals surface area contributed by atoms with E-state index in [1.165, 1.54) is 30.9 Å². The summed E-state index contributed by atoms with van der Waals surface area (Å²) in [6.07, 6.45) is 3.52. The predicted molar refractivity (Wildman–Crippen MR) is 72.4 cm³/mol. The lowest BCUT2D eigenvalue weighted by Gasteiger charge is -2.04. The highest BCUT2D eigenvalue weighted by Gasteiger charge is 2.10. The van der Waals surface area contributed by atoms with Gasteiger partial charge in [0.1, 0.15) is 17.0 Å². The van der Waals surface area contributed by atoms with Crippen molar-refractivity contribution < 1.29 is 9.59 Å². The zero-order chi connectivity index (χ0) is 14.7. The van der Waals surface area contributed by atoms with Gasteiger partial charge in [0.25, 0.3) is 5.56 Å². The minimum absolute atomic E-state index is 0.0224. The summed E-state index contributed by atoms with van der Waals surface area (Å²) in [6, 6.07) is 0. The molecule has 0 bridgehead atoms. The number of ketones is 2. The van der Waals surface area contributed by atoms with Gasteiger partial charge in [0.05, 0.1) is 19.1 Å². The Labute approximate surface area is 115 Å². The van der Waals surface area contributed by atoms with Gasteiger partial charge in [0.15, 0.2) is 5.65 Å². The third-order valence-electron chi connectivity index (χ3n) is 3.00. The number of nitrogens with zero attached hydrogens (tertiary/aromatic N) is 4. The number of aryl methyl sites for hydroxylation is 2. The maximum Gasteiger partial charge on any atom is 0.264 e. The average Bonchev–Trinajstić information content (AvgIpc) is 2.79. The lowest BCUT2D eigenvalue weighted by atomic mass is 10.3. The van der Waals surface area contributed by atoms with Crippen LogP contribution in [0.15, 0.2) is 17.3 Å². The summed E-state index contributed by atoms with van der Waals surface area (Å²) in [5.74, 6) is 0.0811. The molecule has 0 spiro atoms. The van der Waals surface area contributed by atoms with Crippen molar-refractivity contribution >= 4 is 22.6 Å². The number of hydrogen-bond donors (Lipinski definition) is 0. The van der Waals surface area contributed by atoms with Crippen LogP contribution >= 0.6 is 0 Å². The monoisotopic (exact) mass is 276 g/mol. The molecule has 2 aromatic heterocycles. The highest BCUT2D eigenvalue weighted by molar-refractivity contribution is 5.76. The van der Waals surface area contributed by atoms with Crippen molar-refractivity contribution in [3.8, 4) is 0 Å². The first kappa shape index (κ1) is 14.1. The molecular weight excluding hydrogens is 260 g/mol. The summed E-state index contributed by atoms with van der Waals surface area (Å²) in [6.45, 7) is 3.71. The molecule has 7 nitrogen and oxygen atoms in total. The Balaban J connectivity index is 2.31. The van der Waals surface area contributed by atoms with Crippen LogP contribution in [0, 0.1) is 0 Å². The van der Waals surface area contributed by atoms with Crippen LogP contribution in [0.2, 0.25) is 0 Å². The van der Waals surface area contributed by atoms with Crippen LogP contribution in [0.1, 0.15) is 26.7 Å². The largest absolute Gasteiger partial charge is 0.300 e. The van der Waals surface area contributed by atoms with Crippen LogP contribution in [-0.2, 0) is 22.7 Å². The molecule has 0 atom stereocenters. The van der Waals surface area contributed by atoms with E-state index < -0.39 is 0 Å². The van der Waals surface area contributed by atoms with E-state index in [0.29, 0.717) is 37.0 Å². The zero-order valence-corrected chi connectivity index (χ0v) is 11.5. The third-order valence-corrected chi connectivity index (χ3v) is 3.00. The smallest absolute Gasteiger partial charge is 0.264 e. The van der Waals surface area contributed by atoms with Crippen LogP contribution in [-0.4, -0.2) is 30.9 Å². The van der Waals surface area contributed by atoms with E-state index in [1.807, 2.05) is 0 Å². The highest BCUT2D eigenvalue weighted by atomic mass is 16.1. The number of fused-ring (bicyclic) bond motifs is 1. The minimum atomic E-state index is -0.217. The van der Waals surface area contributed by atoms with Gasteiger partial charge in [-0.05, 0) is 13.8 Å². The van der Waals surface area contributed by atoms with Crippen molar-refractivity contribution in [3.05, 3.63) is 22.9 Å². The Morgan fingerprint density at radius 2 is 1.80 bits per heavy atom. The van der Waals surface area contributed by atoms with Crippen molar-refractivity contribution in [1.29, 1.82) is 0 Å². The molecule has 0 N–H and O–H groups in total. The second-order valence-corrected chi connectivity index (χ2v) is 4.75. The van der Waals surface area contributed by atoms with E-state index >= 15 is 0 Å². The first-order valence-electron chi connectivity index (χ1n) is 6.39. The first-order chi connectivity index (χ1) is 9.49. The van der Waals surface area contributed by atoms with E-state index in [1.54, 1.807) is 4.68 Å². The molecule has 2 aromatic rings. The number of carbonyl (C=O) groups excluding carboxylic acids is 2. The van der Waals surface area contributed by atoms with Crippen LogP contribution in [0.25, 0.3) is 11.0 Å². The van der Waals surface area contributed by atoms with Crippen LogP contribution in [0.3, 0.4) is 0 Å². The molecule has 0 unspecified atom stereocenters. The van der Waals surface area contributed by atoms with Crippen LogP contribution in [0.4, 0.5) is 0 Å². The third kappa shape index (κ3) is 2.98. The van der Waals surface area contributed by atoms with Crippen LogP contribution < -0.4 is 5.56 Å². The van der Waals surface area contributed by atoms with Gasteiger partial charge in [0, 0.05) is 19.4 Å². The van der Waals surface area contributed by atoms with Crippen molar-refractivity contribution in [2.75, 3.05) is 0 Å². The number of aromatic nitrogens is 4. The van der Waals surface area contributed by atoms with Crippen molar-refractivity contribution in [2.24, 2.45) is 0 Å². The molecule has 0 saturated carbocycles. The average molecular weight is 276 g/mol. The first-order valence-corrected chi connectivity index (χ1v) is 6.39. The van der Waals surface area contributed by atoms with Crippen molar-refractivity contribution in [1.82, 2.24) is 19.3 Å². The SMILES string of the molecule is CC(=O)CCn1cnc2c(cnn2CCC(C)=O)c1=O. The quantitative estimate of drug-likeness (QED) is 0.769. The predicted octanol–water partition coefficient (Wildman–Crippen LogP) is 0.551. The Kier molecular flexibility index (Phi) is 4.07. The van der Waals surface area contributed by atoms with Gasteiger partial charge in [-0.2, -0.15) is 5.10 Å². The Bertz CT molecular complexity index is 714. The molecule has 0 aliphatic carbocycles. The maximum atomic E-state index is 12.2. The molecule has 0 aromatic carbocycles. The molecule has 20 heavy (non-hydrogen) atoms. The van der Waals surface area contributed by atoms with Gasteiger partial charge in [0.2, 0.25) is 0 Å². The van der Waals surface area contributed by atoms with Gasteiger partial charge >= 0.3 is 0 Å². The number of carbonyl (C=O) groups is 2. The minimum Gasteiger partial charge on any atom is -0.300 e. The summed E-state index contributed by atoms with van der Waals surface area (Å²) in [7, 11) is 0. The molecular formula is C13H16N4O3. The Hall–Kier alpha value is -2.31. The molecule has 0 aliphatic heterocycles. The second kappa shape index (κ2) is 5.77. The molecule has 0 amide bonds. The van der Waals surface area contributed by atoms with Gasteiger partial charge in [-0.3, -0.25) is 19.0 Å². The van der Waals surface area contributed by atoms with Crippen LogP contribution in [0.5, 0.6) is 0 Å². The topological polar surface area (TPSA) is 86.8 Å². The van der Waals surface area contributed by atoms with E-state index in [0.717, 1.165) is 0 Å². The lowest BCUT2D eigenvalue weighted by molar-refractivity contribution is -0.118. The molecule has 0 fully saturated rings. The fraction of sp³-hybridized carbons (Fsp3) is 0.462. The summed E-state index contributed by atoms with van der Waals surface area (Å²) < 4.78 is 2.95. The molecule has 0 saturated heterocycles. The highest BCUT2D eigenvalue weighted by Crippen LogP contribution is 2.06. The Morgan fingerprint density at radius 3 is 2.45 bits per heavy atom. The Morgan fingerprint density at radius 1 is 1.15 bits per heavy atom. The molecule has 2 heterocycles. The zero-order valence-electron chi connectivity index (χ0n) is 11.5. The standard InChI is InChI=1S/C13H16N4O3/c1-9(18)3-5-16-8-14-12-11(13(16)20)7-15-17(12)6-4-10(2)19/h7-8H,3-6H2,1-2H3. The fourth-order valence-corrected chi connectivity index (χ4v) is 1.86. The van der Waals surface area contributed by atoms with E-state index in [2.05, 4.69) is 10.1 Å². The lowest BCUT2D eigenvalue weighted by Crippen LogP contribution is -2.21. The van der Waals surface area contributed by atoms with E-state index in [-0.39, 0.29) is 17.1 Å². The fourth-order valence-electron chi connectivity index (χ4n) is 1.86. The second-order valence-electron chi connectivity index (χ2n) is 4.75. The van der Waals surface area contributed by atoms with Gasteiger partial charge in [-0.25, -0.2) is 9.67 Å². The van der Waals surface area contributed by atoms with E-state index in [4.69, 9.17) is 0 Å². The number of hydrogen-bond acceptors (Lipinski definition) is 5. The normalized spacial score (nSPS) is 10.9. The van der Waals surface area contributed by atoms with Gasteiger partial charge < -0.3 is 0 Å². The van der Waals surface area contributed by atoms with E-state index in [9.17, 15) is 14.4 Å². The van der Waals surface area contributed by atoms with Gasteiger partial charge in [-0.15, -0.1) is 0 Å². The molecule has 7 heteroatoms. The summed E-state index contributed by atoms with van der Waals surface area (Å²) in [5.41, 5.74) is 0.251. The van der Waals surface area contributed by atoms with Crippen molar-refractivity contribution in [3.63, 3.8) is 0 Å².